The number of nitrogens with zero attached hydrogens (tertiary/aromatic N) is 3. The summed E-state index contributed by atoms with van der Waals surface area (Å²) in [6.45, 7) is 17.6. The Hall–Kier alpha value is -4.58. The normalized spacial score (nSPS) is 22.9. The first-order valence-electron chi connectivity index (χ1n) is 18.3. The molecule has 3 nitrogen and oxygen atoms in total. The minimum absolute atomic E-state index is 0.0711. The lowest BCUT2D eigenvalue weighted by Gasteiger charge is -2.49. The van der Waals surface area contributed by atoms with Gasteiger partial charge in [0.1, 0.15) is 0 Å². The number of allylic oxidation sites excluding steroid dienone is 7. The van der Waals surface area contributed by atoms with Crippen molar-refractivity contribution >= 4 is 53.0 Å². The molecule has 0 bridgehead atoms. The molecule has 0 radical (unpaired) electrons. The third-order valence-corrected chi connectivity index (χ3v) is 13.5. The summed E-state index contributed by atoms with van der Waals surface area (Å²) in [6, 6.07) is 33.1. The molecule has 52 heavy (non-hydrogen) atoms. The Labute approximate surface area is 318 Å². The number of fused-ring (bicyclic) bond motifs is 6. The third-order valence-electron chi connectivity index (χ3n) is 10.9. The molecule has 1 fully saturated rings. The first-order chi connectivity index (χ1) is 25.3. The quantitative estimate of drug-likeness (QED) is 0.0818. The first kappa shape index (κ1) is 35.8. The van der Waals surface area contributed by atoms with E-state index in [4.69, 9.17) is 4.99 Å². The predicted octanol–water partition coefficient (Wildman–Crippen LogP) is 13.3. The monoisotopic (exact) mass is 717 g/mol. The van der Waals surface area contributed by atoms with Gasteiger partial charge >= 0.3 is 0 Å². The standard InChI is InChI=1S/C47H47N3S2/c1-7-9-10-11-17-27-49-40(33-19-13-12-14-20-33)30-39(48-6)34-21-18-22-35(28-34)50-41-29-38(32(3)4)47(5,8-2)31-37(41)36-25-26-44-46(45(36)50)52-43-24-16-15-23-42(43)51-44/h7-28,30,32,37-38,41H,2,6,29,31H2,1,3-5H3/b9-7+,11-10-,27-17-,39-30-,49-40-/t37?,38?,41?,47-/m1/s1. The summed E-state index contributed by atoms with van der Waals surface area (Å²) in [6.07, 6.45) is 18.3. The van der Waals surface area contributed by atoms with Gasteiger partial charge in [-0.25, -0.2) is 0 Å². The molecule has 0 spiro atoms. The van der Waals surface area contributed by atoms with Crippen LogP contribution in [0.15, 0.2) is 176 Å². The van der Waals surface area contributed by atoms with E-state index in [-0.39, 0.29) is 5.41 Å². The zero-order valence-corrected chi connectivity index (χ0v) is 32.2. The minimum Gasteiger partial charge on any atom is -0.337 e. The first-order valence-corrected chi connectivity index (χ1v) is 19.9. The van der Waals surface area contributed by atoms with Crippen molar-refractivity contribution in [3.8, 4) is 0 Å². The van der Waals surface area contributed by atoms with Crippen LogP contribution in [0, 0.1) is 17.3 Å². The maximum atomic E-state index is 4.87. The van der Waals surface area contributed by atoms with Crippen LogP contribution in [-0.4, -0.2) is 18.5 Å². The molecule has 0 N–H and O–H groups in total. The van der Waals surface area contributed by atoms with Gasteiger partial charge < -0.3 is 4.90 Å². The van der Waals surface area contributed by atoms with Crippen molar-refractivity contribution in [3.05, 3.63) is 163 Å². The predicted molar refractivity (Wildman–Crippen MR) is 226 cm³/mol. The Morgan fingerprint density at radius 3 is 2.33 bits per heavy atom. The molecule has 0 amide bonds. The molecule has 0 saturated heterocycles. The van der Waals surface area contributed by atoms with E-state index in [1.807, 2.05) is 85.2 Å². The highest BCUT2D eigenvalue weighted by Gasteiger charge is 2.51. The maximum absolute atomic E-state index is 4.87. The van der Waals surface area contributed by atoms with E-state index in [0.717, 1.165) is 35.4 Å². The lowest BCUT2D eigenvalue weighted by Crippen LogP contribution is -2.45. The zero-order chi connectivity index (χ0) is 36.2. The van der Waals surface area contributed by atoms with E-state index >= 15 is 0 Å². The van der Waals surface area contributed by atoms with Gasteiger partial charge in [0.25, 0.3) is 0 Å². The summed E-state index contributed by atoms with van der Waals surface area (Å²) >= 11 is 3.82. The van der Waals surface area contributed by atoms with Gasteiger partial charge in [-0.05, 0) is 91.8 Å². The van der Waals surface area contributed by atoms with Gasteiger partial charge in [-0.15, -0.1) is 6.58 Å². The largest absolute Gasteiger partial charge is 0.337 e. The number of hydrogen-bond acceptors (Lipinski definition) is 5. The average molecular weight is 718 g/mol. The van der Waals surface area contributed by atoms with Crippen LogP contribution in [-0.2, 0) is 0 Å². The second-order valence-corrected chi connectivity index (χ2v) is 16.5. The molecule has 7 rings (SSSR count). The van der Waals surface area contributed by atoms with Gasteiger partial charge in [0.2, 0.25) is 0 Å². The summed E-state index contributed by atoms with van der Waals surface area (Å²) in [4.78, 5) is 17.5. The molecule has 2 aliphatic heterocycles. The number of benzene rings is 4. The SMILES string of the molecule is C=C[C@]1(C)CC2c3ccc4c(c3N(c3cccc(/C(=C/C(=N/C=C\C=C/C=C/C)c5ccccc5)N=C)c3)C2CC1C(C)C)Sc1ccccc1S4. The fourth-order valence-electron chi connectivity index (χ4n) is 8.34. The van der Waals surface area contributed by atoms with Crippen LogP contribution in [0.5, 0.6) is 0 Å². The summed E-state index contributed by atoms with van der Waals surface area (Å²) in [5.74, 6) is 1.48. The van der Waals surface area contributed by atoms with Crippen LogP contribution in [0.3, 0.4) is 0 Å². The minimum atomic E-state index is 0.0711. The fourth-order valence-corrected chi connectivity index (χ4v) is 10.7. The molecule has 4 aromatic rings. The summed E-state index contributed by atoms with van der Waals surface area (Å²) < 4.78 is 0. The highest BCUT2D eigenvalue weighted by Crippen LogP contribution is 2.63. The van der Waals surface area contributed by atoms with Gasteiger partial charge in [-0.3, -0.25) is 9.98 Å². The van der Waals surface area contributed by atoms with Crippen LogP contribution < -0.4 is 4.90 Å². The van der Waals surface area contributed by atoms with Gasteiger partial charge in [0, 0.05) is 49.7 Å². The second-order valence-electron chi connectivity index (χ2n) is 14.4. The maximum Gasteiger partial charge on any atom is 0.0723 e. The summed E-state index contributed by atoms with van der Waals surface area (Å²) in [5.41, 5.74) is 7.74. The molecule has 2 heterocycles. The number of rotatable bonds is 10. The Morgan fingerprint density at radius 2 is 1.60 bits per heavy atom. The van der Waals surface area contributed by atoms with Gasteiger partial charge in [-0.1, -0.05) is 135 Å². The molecule has 5 heteroatoms. The zero-order valence-electron chi connectivity index (χ0n) is 30.6. The smallest absolute Gasteiger partial charge is 0.0723 e. The molecule has 262 valence electrons. The van der Waals surface area contributed by atoms with Crippen LogP contribution >= 0.6 is 23.5 Å². The van der Waals surface area contributed by atoms with E-state index in [1.165, 1.54) is 36.5 Å². The van der Waals surface area contributed by atoms with Crippen molar-refractivity contribution in [2.75, 3.05) is 4.90 Å². The fraction of sp³-hybridized carbons (Fsp3) is 0.234. The lowest BCUT2D eigenvalue weighted by atomic mass is 9.58. The van der Waals surface area contributed by atoms with Crippen molar-refractivity contribution in [2.45, 2.75) is 72.1 Å². The van der Waals surface area contributed by atoms with E-state index in [0.29, 0.717) is 23.8 Å². The number of hydrogen-bond donors (Lipinski definition) is 0. The van der Waals surface area contributed by atoms with Gasteiger partial charge in [0.15, 0.2) is 0 Å². The van der Waals surface area contributed by atoms with Crippen LogP contribution in [0.2, 0.25) is 0 Å². The molecular weight excluding hydrogens is 671 g/mol. The highest BCUT2D eigenvalue weighted by atomic mass is 32.2. The summed E-state index contributed by atoms with van der Waals surface area (Å²) in [5, 5.41) is 0. The van der Waals surface area contributed by atoms with E-state index < -0.39 is 0 Å². The molecule has 3 unspecified atom stereocenters. The summed E-state index contributed by atoms with van der Waals surface area (Å²) in [7, 11) is 0. The van der Waals surface area contributed by atoms with Crippen molar-refractivity contribution in [1.82, 2.24) is 0 Å². The topological polar surface area (TPSA) is 28.0 Å². The Balaban J connectivity index is 1.34. The molecule has 1 saturated carbocycles. The molecule has 1 aliphatic carbocycles. The molecule has 4 atom stereocenters. The van der Waals surface area contributed by atoms with E-state index in [2.05, 4.69) is 129 Å². The Kier molecular flexibility index (Phi) is 10.7. The van der Waals surface area contributed by atoms with Gasteiger partial charge in [-0.2, -0.15) is 0 Å². The Morgan fingerprint density at radius 1 is 0.865 bits per heavy atom. The number of anilines is 2. The van der Waals surface area contributed by atoms with E-state index in [9.17, 15) is 0 Å². The van der Waals surface area contributed by atoms with Crippen molar-refractivity contribution < 1.29 is 0 Å². The van der Waals surface area contributed by atoms with Crippen molar-refractivity contribution in [2.24, 2.45) is 27.2 Å². The van der Waals surface area contributed by atoms with E-state index in [1.54, 1.807) is 0 Å². The molecule has 0 aromatic heterocycles. The third kappa shape index (κ3) is 6.97. The van der Waals surface area contributed by atoms with Gasteiger partial charge in [0.05, 0.1) is 22.0 Å². The lowest BCUT2D eigenvalue weighted by molar-refractivity contribution is 0.101. The molecule has 3 aliphatic rings. The van der Waals surface area contributed by atoms with Crippen LogP contribution in [0.1, 0.15) is 63.1 Å². The Bertz CT molecular complexity index is 2120. The van der Waals surface area contributed by atoms with Crippen LogP contribution in [0.25, 0.3) is 5.70 Å². The highest BCUT2D eigenvalue weighted by molar-refractivity contribution is 8.05. The van der Waals surface area contributed by atoms with Crippen molar-refractivity contribution in [1.29, 1.82) is 0 Å². The second kappa shape index (κ2) is 15.6. The average Bonchev–Trinajstić information content (AvgIpc) is 3.49. The van der Waals surface area contributed by atoms with Crippen molar-refractivity contribution in [3.63, 3.8) is 0 Å². The van der Waals surface area contributed by atoms with Crippen LogP contribution in [0.4, 0.5) is 11.4 Å². The molecular formula is C47H47N3S2. The number of aliphatic imine (C=N–C) groups is 2. The molecule has 4 aromatic carbocycles.